The molecule has 0 heterocycles. The maximum absolute atomic E-state index is 11.9. The van der Waals surface area contributed by atoms with Crippen LogP contribution in [-0.4, -0.2) is 37.4 Å². The largest absolute Gasteiger partial charge is 0.497 e. The van der Waals surface area contributed by atoms with E-state index in [4.69, 9.17) is 9.84 Å². The molecular weight excluding hydrogens is 280 g/mol. The van der Waals surface area contributed by atoms with Gasteiger partial charge in [0, 0.05) is 12.5 Å². The molecular formula is C17H26N2O3. The van der Waals surface area contributed by atoms with Crippen molar-refractivity contribution in [2.24, 2.45) is 0 Å². The third-order valence-electron chi connectivity index (χ3n) is 4.35. The molecule has 3 N–H and O–H groups in total. The molecule has 0 aromatic heterocycles. The summed E-state index contributed by atoms with van der Waals surface area (Å²) in [6.07, 6.45) is 3.99. The van der Waals surface area contributed by atoms with Crippen molar-refractivity contribution in [3.63, 3.8) is 0 Å². The average molecular weight is 306 g/mol. The van der Waals surface area contributed by atoms with Crippen LogP contribution in [-0.2, 0) is 6.42 Å². The molecule has 1 aromatic rings. The average Bonchev–Trinajstić information content (AvgIpc) is 2.57. The number of aliphatic hydroxyl groups excluding tert-OH is 1. The van der Waals surface area contributed by atoms with E-state index in [0.717, 1.165) is 31.4 Å². The number of carbonyl (C=O) groups excluding carboxylic acids is 1. The van der Waals surface area contributed by atoms with Gasteiger partial charge in [-0.05, 0) is 48.9 Å². The molecule has 5 heteroatoms. The predicted molar refractivity (Wildman–Crippen MR) is 86.4 cm³/mol. The number of aliphatic hydroxyl groups is 1. The number of fused-ring (bicyclic) bond motifs is 1. The molecule has 0 fully saturated rings. The number of hydrogen-bond donors (Lipinski definition) is 3. The number of ether oxygens (including phenoxy) is 1. The van der Waals surface area contributed by atoms with E-state index >= 15 is 0 Å². The molecule has 0 bridgehead atoms. The number of amides is 2. The highest BCUT2D eigenvalue weighted by molar-refractivity contribution is 5.74. The maximum Gasteiger partial charge on any atom is 0.315 e. The number of nitrogens with one attached hydrogen (secondary N) is 2. The smallest absolute Gasteiger partial charge is 0.315 e. The number of rotatable bonds is 6. The summed E-state index contributed by atoms with van der Waals surface area (Å²) in [6.45, 7) is 2.52. The van der Waals surface area contributed by atoms with Gasteiger partial charge < -0.3 is 20.5 Å². The van der Waals surface area contributed by atoms with Crippen molar-refractivity contribution in [1.82, 2.24) is 10.6 Å². The molecule has 122 valence electrons. The molecule has 1 aliphatic carbocycles. The molecule has 1 aromatic carbocycles. The summed E-state index contributed by atoms with van der Waals surface area (Å²) in [7, 11) is 1.68. The lowest BCUT2D eigenvalue weighted by Crippen LogP contribution is -2.44. The number of methoxy groups -OCH3 is 1. The van der Waals surface area contributed by atoms with Crippen LogP contribution in [0.4, 0.5) is 4.79 Å². The van der Waals surface area contributed by atoms with Crippen LogP contribution in [0.25, 0.3) is 0 Å². The monoisotopic (exact) mass is 306 g/mol. The van der Waals surface area contributed by atoms with E-state index in [9.17, 15) is 4.79 Å². The minimum Gasteiger partial charge on any atom is -0.497 e. The molecule has 1 aliphatic rings. The highest BCUT2D eigenvalue weighted by atomic mass is 16.5. The molecule has 2 rings (SSSR count). The van der Waals surface area contributed by atoms with Gasteiger partial charge in [0.15, 0.2) is 0 Å². The highest BCUT2D eigenvalue weighted by Gasteiger charge is 2.21. The second-order valence-electron chi connectivity index (χ2n) is 5.80. The van der Waals surface area contributed by atoms with E-state index in [1.165, 1.54) is 11.1 Å². The molecule has 2 amide bonds. The second kappa shape index (κ2) is 8.03. The quantitative estimate of drug-likeness (QED) is 0.754. The van der Waals surface area contributed by atoms with Crippen LogP contribution >= 0.6 is 0 Å². The molecule has 22 heavy (non-hydrogen) atoms. The minimum absolute atomic E-state index is 0.0318. The van der Waals surface area contributed by atoms with E-state index in [0.29, 0.717) is 12.5 Å². The van der Waals surface area contributed by atoms with Gasteiger partial charge in [0.05, 0.1) is 19.8 Å². The van der Waals surface area contributed by atoms with Gasteiger partial charge in [-0.15, -0.1) is 0 Å². The first-order valence-corrected chi connectivity index (χ1v) is 8.00. The topological polar surface area (TPSA) is 70.6 Å². The van der Waals surface area contributed by atoms with Gasteiger partial charge in [0.25, 0.3) is 0 Å². The third-order valence-corrected chi connectivity index (χ3v) is 4.35. The van der Waals surface area contributed by atoms with E-state index < -0.39 is 0 Å². The number of benzene rings is 1. The van der Waals surface area contributed by atoms with Crippen LogP contribution < -0.4 is 15.4 Å². The standard InChI is InChI=1S/C17H26N2O3/c1-3-14(11-20)19-17(21)18-10-13-6-4-5-12-9-15(22-2)7-8-16(12)13/h7-9,13-14,20H,3-6,10-11H2,1-2H3,(H2,18,19,21). The van der Waals surface area contributed by atoms with Crippen LogP contribution in [0.5, 0.6) is 5.75 Å². The van der Waals surface area contributed by atoms with E-state index in [-0.39, 0.29) is 18.7 Å². The molecule has 0 radical (unpaired) electrons. The van der Waals surface area contributed by atoms with Crippen molar-refractivity contribution in [3.8, 4) is 5.75 Å². The Morgan fingerprint density at radius 1 is 1.50 bits per heavy atom. The van der Waals surface area contributed by atoms with Crippen LogP contribution in [0.3, 0.4) is 0 Å². The lowest BCUT2D eigenvalue weighted by atomic mass is 9.82. The predicted octanol–water partition coefficient (Wildman–Crippen LogP) is 2.19. The van der Waals surface area contributed by atoms with E-state index in [2.05, 4.69) is 22.8 Å². The number of hydrogen-bond acceptors (Lipinski definition) is 3. The van der Waals surface area contributed by atoms with Crippen molar-refractivity contribution in [2.75, 3.05) is 20.3 Å². The third kappa shape index (κ3) is 4.13. The molecule has 0 spiro atoms. The molecule has 2 atom stereocenters. The fourth-order valence-electron chi connectivity index (χ4n) is 2.96. The van der Waals surface area contributed by atoms with Crippen LogP contribution in [0.2, 0.25) is 0 Å². The normalized spacial score (nSPS) is 18.2. The molecule has 0 saturated heterocycles. The zero-order chi connectivity index (χ0) is 15.9. The van der Waals surface area contributed by atoms with Crippen molar-refractivity contribution in [2.45, 2.75) is 44.6 Å². The van der Waals surface area contributed by atoms with Gasteiger partial charge in [0.1, 0.15) is 5.75 Å². The van der Waals surface area contributed by atoms with Crippen molar-refractivity contribution in [1.29, 1.82) is 0 Å². The van der Waals surface area contributed by atoms with E-state index in [1.54, 1.807) is 7.11 Å². The van der Waals surface area contributed by atoms with Crippen LogP contribution in [0, 0.1) is 0 Å². The fraction of sp³-hybridized carbons (Fsp3) is 0.588. The van der Waals surface area contributed by atoms with Crippen molar-refractivity contribution < 1.29 is 14.6 Å². The summed E-state index contributed by atoms with van der Waals surface area (Å²) in [5.41, 5.74) is 2.63. The molecule has 5 nitrogen and oxygen atoms in total. The van der Waals surface area contributed by atoms with E-state index in [1.807, 2.05) is 13.0 Å². The summed E-state index contributed by atoms with van der Waals surface area (Å²) < 4.78 is 5.28. The fourth-order valence-corrected chi connectivity index (χ4v) is 2.96. The lowest BCUT2D eigenvalue weighted by molar-refractivity contribution is 0.214. The molecule has 0 saturated carbocycles. The summed E-state index contributed by atoms with van der Waals surface area (Å²) >= 11 is 0. The summed E-state index contributed by atoms with van der Waals surface area (Å²) in [5.74, 6) is 1.23. The Morgan fingerprint density at radius 2 is 2.32 bits per heavy atom. The zero-order valence-corrected chi connectivity index (χ0v) is 13.4. The highest BCUT2D eigenvalue weighted by Crippen LogP contribution is 2.33. The van der Waals surface area contributed by atoms with Crippen LogP contribution in [0.1, 0.15) is 43.2 Å². The number of carbonyl (C=O) groups is 1. The van der Waals surface area contributed by atoms with Gasteiger partial charge in [-0.2, -0.15) is 0 Å². The molecule has 0 aliphatic heterocycles. The van der Waals surface area contributed by atoms with Crippen molar-refractivity contribution >= 4 is 6.03 Å². The van der Waals surface area contributed by atoms with Gasteiger partial charge in [0.2, 0.25) is 0 Å². The zero-order valence-electron chi connectivity index (χ0n) is 13.4. The summed E-state index contributed by atoms with van der Waals surface area (Å²) in [6, 6.07) is 5.81. The van der Waals surface area contributed by atoms with Crippen molar-refractivity contribution in [3.05, 3.63) is 29.3 Å². The summed E-state index contributed by atoms with van der Waals surface area (Å²) in [4.78, 5) is 11.9. The van der Waals surface area contributed by atoms with Gasteiger partial charge >= 0.3 is 6.03 Å². The Kier molecular flexibility index (Phi) is 6.07. The number of urea groups is 1. The first-order chi connectivity index (χ1) is 10.7. The minimum atomic E-state index is -0.207. The SMILES string of the molecule is CCC(CO)NC(=O)NCC1CCCc2cc(OC)ccc21. The summed E-state index contributed by atoms with van der Waals surface area (Å²) in [5, 5.41) is 14.8. The van der Waals surface area contributed by atoms with Gasteiger partial charge in [-0.25, -0.2) is 4.79 Å². The number of aryl methyl sites for hydroxylation is 1. The Labute approximate surface area is 132 Å². The molecule has 2 unspecified atom stereocenters. The van der Waals surface area contributed by atoms with Gasteiger partial charge in [-0.3, -0.25) is 0 Å². The first kappa shape index (κ1) is 16.6. The Bertz CT molecular complexity index is 501. The lowest BCUT2D eigenvalue weighted by Gasteiger charge is -2.26. The Morgan fingerprint density at radius 3 is 3.00 bits per heavy atom. The maximum atomic E-state index is 11.9. The Hall–Kier alpha value is -1.75. The van der Waals surface area contributed by atoms with Crippen LogP contribution in [0.15, 0.2) is 18.2 Å². The Balaban J connectivity index is 1.93. The first-order valence-electron chi connectivity index (χ1n) is 8.00. The van der Waals surface area contributed by atoms with Gasteiger partial charge in [-0.1, -0.05) is 13.0 Å². The second-order valence-corrected chi connectivity index (χ2v) is 5.80.